The predicted octanol–water partition coefficient (Wildman–Crippen LogP) is 6.57. The first-order valence-electron chi connectivity index (χ1n) is 11.6. The Labute approximate surface area is 199 Å². The third kappa shape index (κ3) is 7.64. The SMILES string of the molecule is COC1=C(OC)C(=O)C(CCCCCCCCCCOc2cccc(C(F)(F)F)c2)=C(C)C1=O. The van der Waals surface area contributed by atoms with Gasteiger partial charge in [-0.2, -0.15) is 13.2 Å². The van der Waals surface area contributed by atoms with Crippen LogP contribution in [-0.2, 0) is 25.2 Å². The lowest BCUT2D eigenvalue weighted by atomic mass is 9.89. The molecule has 5 nitrogen and oxygen atoms in total. The normalized spacial score (nSPS) is 14.6. The van der Waals surface area contributed by atoms with Gasteiger partial charge in [0.15, 0.2) is 0 Å². The fraction of sp³-hybridized carbons (Fsp3) is 0.538. The Morgan fingerprint density at radius 2 is 1.35 bits per heavy atom. The molecule has 0 saturated carbocycles. The van der Waals surface area contributed by atoms with Crippen LogP contribution in [0.25, 0.3) is 0 Å². The van der Waals surface area contributed by atoms with E-state index in [1.807, 2.05) is 0 Å². The van der Waals surface area contributed by atoms with Crippen LogP contribution in [0.5, 0.6) is 5.75 Å². The molecular weight excluding hydrogens is 449 g/mol. The molecule has 0 aliphatic heterocycles. The number of carbonyl (C=O) groups is 2. The van der Waals surface area contributed by atoms with Crippen molar-refractivity contribution in [3.05, 3.63) is 52.5 Å². The van der Waals surface area contributed by atoms with E-state index in [1.54, 1.807) is 6.92 Å². The number of ketones is 2. The number of ether oxygens (including phenoxy) is 3. The maximum Gasteiger partial charge on any atom is 0.416 e. The highest BCUT2D eigenvalue weighted by atomic mass is 19.4. The summed E-state index contributed by atoms with van der Waals surface area (Å²) in [6.07, 6.45) is 3.89. The Kier molecular flexibility index (Phi) is 10.7. The van der Waals surface area contributed by atoms with Crippen molar-refractivity contribution in [3.8, 4) is 5.75 Å². The quantitative estimate of drug-likeness (QED) is 0.222. The Morgan fingerprint density at radius 1 is 0.794 bits per heavy atom. The van der Waals surface area contributed by atoms with Crippen LogP contribution in [0, 0.1) is 0 Å². The summed E-state index contributed by atoms with van der Waals surface area (Å²) in [4.78, 5) is 25.0. The monoisotopic (exact) mass is 482 g/mol. The largest absolute Gasteiger partial charge is 0.494 e. The zero-order chi connectivity index (χ0) is 25.1. The fourth-order valence-electron chi connectivity index (χ4n) is 3.91. The number of benzene rings is 1. The van der Waals surface area contributed by atoms with Crippen LogP contribution in [-0.4, -0.2) is 32.4 Å². The lowest BCUT2D eigenvalue weighted by Crippen LogP contribution is -2.25. The molecule has 0 heterocycles. The molecule has 0 radical (unpaired) electrons. The average Bonchev–Trinajstić information content (AvgIpc) is 2.81. The second-order valence-electron chi connectivity index (χ2n) is 8.28. The van der Waals surface area contributed by atoms with E-state index >= 15 is 0 Å². The van der Waals surface area contributed by atoms with Gasteiger partial charge in [0, 0.05) is 11.1 Å². The number of hydrogen-bond donors (Lipinski definition) is 0. The molecule has 0 amide bonds. The lowest BCUT2D eigenvalue weighted by molar-refractivity contribution is -0.137. The summed E-state index contributed by atoms with van der Waals surface area (Å²) in [5.41, 5.74) is 0.227. The van der Waals surface area contributed by atoms with E-state index in [0.717, 1.165) is 63.5 Å². The van der Waals surface area contributed by atoms with Crippen molar-refractivity contribution in [1.29, 1.82) is 0 Å². The van der Waals surface area contributed by atoms with Crippen molar-refractivity contribution >= 4 is 11.6 Å². The third-order valence-corrected chi connectivity index (χ3v) is 5.85. The summed E-state index contributed by atoms with van der Waals surface area (Å²) in [6.45, 7) is 2.04. The number of carbonyl (C=O) groups excluding carboxylic acids is 2. The highest BCUT2D eigenvalue weighted by Gasteiger charge is 2.34. The second kappa shape index (κ2) is 13.2. The molecule has 1 aliphatic carbocycles. The van der Waals surface area contributed by atoms with Crippen LogP contribution < -0.4 is 4.74 Å². The fourth-order valence-corrected chi connectivity index (χ4v) is 3.91. The number of alkyl halides is 3. The van der Waals surface area contributed by atoms with Crippen molar-refractivity contribution in [2.45, 2.75) is 70.9 Å². The molecule has 0 spiro atoms. The van der Waals surface area contributed by atoms with Gasteiger partial charge >= 0.3 is 6.18 Å². The van der Waals surface area contributed by atoms with Crippen LogP contribution >= 0.6 is 0 Å². The smallest absolute Gasteiger partial charge is 0.416 e. The minimum Gasteiger partial charge on any atom is -0.494 e. The van der Waals surface area contributed by atoms with E-state index in [9.17, 15) is 22.8 Å². The van der Waals surface area contributed by atoms with E-state index in [1.165, 1.54) is 26.4 Å². The zero-order valence-electron chi connectivity index (χ0n) is 20.1. The van der Waals surface area contributed by atoms with Crippen molar-refractivity contribution < 1.29 is 37.0 Å². The summed E-state index contributed by atoms with van der Waals surface area (Å²) >= 11 is 0. The van der Waals surface area contributed by atoms with Gasteiger partial charge in [-0.15, -0.1) is 0 Å². The van der Waals surface area contributed by atoms with Crippen LogP contribution in [0.2, 0.25) is 0 Å². The summed E-state index contributed by atoms with van der Waals surface area (Å²) in [6, 6.07) is 4.94. The van der Waals surface area contributed by atoms with Gasteiger partial charge in [-0.3, -0.25) is 9.59 Å². The zero-order valence-corrected chi connectivity index (χ0v) is 20.1. The Balaban J connectivity index is 1.57. The molecule has 0 aromatic heterocycles. The summed E-state index contributed by atoms with van der Waals surface area (Å²) < 4.78 is 53.7. The minimum absolute atomic E-state index is 0.0230. The summed E-state index contributed by atoms with van der Waals surface area (Å²) in [7, 11) is 2.70. The van der Waals surface area contributed by atoms with Crippen molar-refractivity contribution in [2.24, 2.45) is 0 Å². The van der Waals surface area contributed by atoms with Gasteiger partial charge in [0.25, 0.3) is 0 Å². The maximum atomic E-state index is 12.7. The number of methoxy groups -OCH3 is 2. The average molecular weight is 483 g/mol. The van der Waals surface area contributed by atoms with E-state index in [0.29, 0.717) is 24.2 Å². The third-order valence-electron chi connectivity index (χ3n) is 5.85. The van der Waals surface area contributed by atoms with Gasteiger partial charge in [-0.05, 0) is 44.4 Å². The number of Topliss-reactive ketones (excluding diaryl/α,β-unsaturated/α-hetero) is 2. The molecule has 0 bridgehead atoms. The highest BCUT2D eigenvalue weighted by molar-refractivity contribution is 6.23. The maximum absolute atomic E-state index is 12.7. The molecule has 0 fully saturated rings. The molecule has 1 aromatic rings. The summed E-state index contributed by atoms with van der Waals surface area (Å²) in [5.74, 6) is -0.390. The van der Waals surface area contributed by atoms with Crippen LogP contribution in [0.15, 0.2) is 46.9 Å². The number of allylic oxidation sites excluding steroid dienone is 2. The molecule has 0 atom stereocenters. The standard InChI is InChI=1S/C26H33F3O5/c1-18-21(23(31)25(33-3)24(32-2)22(18)30)15-10-8-6-4-5-7-9-11-16-34-20-14-12-13-19(17-20)26(27,28)29/h12-14,17H,4-11,15-16H2,1-3H3. The molecular formula is C26H33F3O5. The van der Waals surface area contributed by atoms with Crippen molar-refractivity contribution in [2.75, 3.05) is 20.8 Å². The number of unbranched alkanes of at least 4 members (excludes halogenated alkanes) is 7. The van der Waals surface area contributed by atoms with E-state index in [4.69, 9.17) is 14.2 Å². The molecule has 0 unspecified atom stereocenters. The predicted molar refractivity (Wildman–Crippen MR) is 122 cm³/mol. The van der Waals surface area contributed by atoms with Gasteiger partial charge in [-0.25, -0.2) is 0 Å². The van der Waals surface area contributed by atoms with Crippen molar-refractivity contribution in [3.63, 3.8) is 0 Å². The molecule has 188 valence electrons. The molecule has 0 N–H and O–H groups in total. The van der Waals surface area contributed by atoms with Gasteiger partial charge in [0.2, 0.25) is 23.1 Å². The van der Waals surface area contributed by atoms with Gasteiger partial charge in [0.05, 0.1) is 26.4 Å². The van der Waals surface area contributed by atoms with E-state index in [-0.39, 0.29) is 28.8 Å². The molecule has 2 rings (SSSR count). The van der Waals surface area contributed by atoms with Gasteiger partial charge < -0.3 is 14.2 Å². The number of hydrogen-bond acceptors (Lipinski definition) is 5. The first-order chi connectivity index (χ1) is 16.2. The van der Waals surface area contributed by atoms with Crippen molar-refractivity contribution in [1.82, 2.24) is 0 Å². The molecule has 1 aliphatic rings. The first kappa shape index (κ1) is 27.5. The molecule has 1 aromatic carbocycles. The Bertz CT molecular complexity index is 915. The number of halogens is 3. The number of rotatable bonds is 14. The highest BCUT2D eigenvalue weighted by Crippen LogP contribution is 2.31. The van der Waals surface area contributed by atoms with E-state index < -0.39 is 11.7 Å². The Morgan fingerprint density at radius 3 is 1.94 bits per heavy atom. The second-order valence-corrected chi connectivity index (χ2v) is 8.28. The first-order valence-corrected chi connectivity index (χ1v) is 11.6. The summed E-state index contributed by atoms with van der Waals surface area (Å²) in [5, 5.41) is 0. The van der Waals surface area contributed by atoms with Gasteiger partial charge in [0.1, 0.15) is 5.75 Å². The van der Waals surface area contributed by atoms with Crippen LogP contribution in [0.3, 0.4) is 0 Å². The molecule has 0 saturated heterocycles. The van der Waals surface area contributed by atoms with Crippen LogP contribution in [0.1, 0.15) is 70.3 Å². The Hall–Kier alpha value is -2.77. The molecule has 34 heavy (non-hydrogen) atoms. The lowest BCUT2D eigenvalue weighted by Gasteiger charge is -2.20. The van der Waals surface area contributed by atoms with Crippen LogP contribution in [0.4, 0.5) is 13.2 Å². The molecule has 8 heteroatoms. The topological polar surface area (TPSA) is 61.8 Å². The van der Waals surface area contributed by atoms with Gasteiger partial charge in [-0.1, -0.05) is 44.6 Å². The minimum atomic E-state index is -4.37. The van der Waals surface area contributed by atoms with E-state index in [2.05, 4.69) is 0 Å².